The van der Waals surface area contributed by atoms with E-state index in [2.05, 4.69) is 5.32 Å². The number of benzene rings is 2. The number of aromatic nitrogens is 1. The predicted molar refractivity (Wildman–Crippen MR) is 97.5 cm³/mol. The first-order valence-corrected chi connectivity index (χ1v) is 9.88. The van der Waals surface area contributed by atoms with Gasteiger partial charge in [-0.25, -0.2) is 12.4 Å². The Morgan fingerprint density at radius 3 is 2.52 bits per heavy atom. The van der Waals surface area contributed by atoms with Crippen LogP contribution in [0, 0.1) is 0 Å². The van der Waals surface area contributed by atoms with Gasteiger partial charge in [-0.05, 0) is 62.3 Å². The lowest BCUT2D eigenvalue weighted by molar-refractivity contribution is 0.162. The molecule has 0 amide bonds. The molecule has 0 radical (unpaired) electrons. The summed E-state index contributed by atoms with van der Waals surface area (Å²) in [5.74, 6) is 0.786. The van der Waals surface area contributed by atoms with Crippen LogP contribution < -0.4 is 10.1 Å². The zero-order valence-electron chi connectivity index (χ0n) is 13.8. The minimum Gasteiger partial charge on any atom is -0.490 e. The highest BCUT2D eigenvalue weighted by atomic mass is 32.2. The van der Waals surface area contributed by atoms with Crippen molar-refractivity contribution in [2.45, 2.75) is 23.8 Å². The molecule has 2 heterocycles. The summed E-state index contributed by atoms with van der Waals surface area (Å²) in [6.07, 6.45) is 3.79. The van der Waals surface area contributed by atoms with Crippen LogP contribution in [-0.4, -0.2) is 31.6 Å². The minimum atomic E-state index is -3.59. The van der Waals surface area contributed by atoms with Crippen LogP contribution in [0.25, 0.3) is 10.9 Å². The topological polar surface area (TPSA) is 60.3 Å². The number of piperidine rings is 1. The largest absolute Gasteiger partial charge is 0.490 e. The first-order chi connectivity index (χ1) is 12.1. The van der Waals surface area contributed by atoms with Gasteiger partial charge in [0.05, 0.1) is 10.4 Å². The molecule has 1 aliphatic heterocycles. The van der Waals surface area contributed by atoms with Gasteiger partial charge >= 0.3 is 0 Å². The summed E-state index contributed by atoms with van der Waals surface area (Å²) < 4.78 is 33.0. The van der Waals surface area contributed by atoms with Crippen LogP contribution in [0.2, 0.25) is 0 Å². The Hall–Kier alpha value is -2.31. The molecule has 2 aromatic carbocycles. The molecule has 1 saturated heterocycles. The number of hydrogen-bond donors (Lipinski definition) is 1. The molecule has 6 heteroatoms. The van der Waals surface area contributed by atoms with Crippen LogP contribution in [0.5, 0.6) is 5.75 Å². The van der Waals surface area contributed by atoms with Crippen molar-refractivity contribution in [1.29, 1.82) is 0 Å². The van der Waals surface area contributed by atoms with Gasteiger partial charge in [0.1, 0.15) is 11.9 Å². The Balaban J connectivity index is 1.66. The molecule has 4 rings (SSSR count). The van der Waals surface area contributed by atoms with Crippen LogP contribution in [0.15, 0.2) is 65.7 Å². The summed E-state index contributed by atoms with van der Waals surface area (Å²) in [5, 5.41) is 4.17. The van der Waals surface area contributed by atoms with E-state index in [1.165, 1.54) is 3.97 Å². The van der Waals surface area contributed by atoms with Gasteiger partial charge in [-0.1, -0.05) is 18.2 Å². The molecule has 0 aliphatic carbocycles. The maximum absolute atomic E-state index is 12.8. The van der Waals surface area contributed by atoms with Gasteiger partial charge in [-0.3, -0.25) is 0 Å². The summed E-state index contributed by atoms with van der Waals surface area (Å²) in [5.41, 5.74) is 0.654. The Kier molecular flexibility index (Phi) is 4.23. The molecule has 1 aromatic heterocycles. The normalized spacial score (nSPS) is 16.2. The molecule has 0 saturated carbocycles. The Bertz CT molecular complexity index is 974. The van der Waals surface area contributed by atoms with Crippen molar-refractivity contribution < 1.29 is 13.2 Å². The molecular weight excluding hydrogens is 336 g/mol. The van der Waals surface area contributed by atoms with E-state index in [1.807, 2.05) is 24.3 Å². The summed E-state index contributed by atoms with van der Waals surface area (Å²) in [6.45, 7) is 1.94. The van der Waals surface area contributed by atoms with E-state index < -0.39 is 10.0 Å². The quantitative estimate of drug-likeness (QED) is 0.781. The molecule has 5 nitrogen and oxygen atoms in total. The molecular formula is C19H20N2O3S. The van der Waals surface area contributed by atoms with E-state index in [0.29, 0.717) is 5.52 Å². The third-order valence-corrected chi connectivity index (χ3v) is 6.22. The van der Waals surface area contributed by atoms with Crippen molar-refractivity contribution >= 4 is 20.9 Å². The van der Waals surface area contributed by atoms with E-state index >= 15 is 0 Å². The van der Waals surface area contributed by atoms with Gasteiger partial charge < -0.3 is 10.1 Å². The maximum Gasteiger partial charge on any atom is 0.268 e. The van der Waals surface area contributed by atoms with Crippen LogP contribution in [0.1, 0.15) is 12.8 Å². The molecule has 25 heavy (non-hydrogen) atoms. The summed E-state index contributed by atoms with van der Waals surface area (Å²) in [7, 11) is -3.59. The highest BCUT2D eigenvalue weighted by Gasteiger charge is 2.19. The van der Waals surface area contributed by atoms with Crippen LogP contribution in [0.3, 0.4) is 0 Å². The van der Waals surface area contributed by atoms with Crippen LogP contribution >= 0.6 is 0 Å². The molecule has 0 bridgehead atoms. The van der Waals surface area contributed by atoms with E-state index in [1.54, 1.807) is 36.5 Å². The van der Waals surface area contributed by atoms with Crippen LogP contribution in [0.4, 0.5) is 0 Å². The molecule has 130 valence electrons. The number of nitrogens with zero attached hydrogens (tertiary/aromatic N) is 1. The second-order valence-corrected chi connectivity index (χ2v) is 8.03. The number of hydrogen-bond acceptors (Lipinski definition) is 4. The second kappa shape index (κ2) is 6.54. The maximum atomic E-state index is 12.8. The average Bonchev–Trinajstić information content (AvgIpc) is 3.07. The predicted octanol–water partition coefficient (Wildman–Crippen LogP) is 3.01. The molecule has 1 aliphatic rings. The zero-order valence-corrected chi connectivity index (χ0v) is 14.6. The molecule has 0 atom stereocenters. The van der Waals surface area contributed by atoms with Gasteiger partial charge in [0.25, 0.3) is 10.0 Å². The third-order valence-electron chi connectivity index (χ3n) is 4.51. The number of rotatable bonds is 4. The molecule has 1 fully saturated rings. The zero-order chi connectivity index (χ0) is 17.3. The van der Waals surface area contributed by atoms with Crippen molar-refractivity contribution in [2.75, 3.05) is 13.1 Å². The second-order valence-electron chi connectivity index (χ2n) is 6.22. The van der Waals surface area contributed by atoms with Crippen molar-refractivity contribution in [2.24, 2.45) is 0 Å². The first kappa shape index (κ1) is 16.2. The smallest absolute Gasteiger partial charge is 0.268 e. The lowest BCUT2D eigenvalue weighted by atomic mass is 10.1. The van der Waals surface area contributed by atoms with E-state index in [-0.39, 0.29) is 11.0 Å². The SMILES string of the molecule is O=S(=O)(c1ccccc1)n1ccc2cc(OC3CCNCC3)ccc21. The lowest BCUT2D eigenvalue weighted by Gasteiger charge is -2.23. The van der Waals surface area contributed by atoms with Gasteiger partial charge in [-0.15, -0.1) is 0 Å². The molecule has 1 N–H and O–H groups in total. The van der Waals surface area contributed by atoms with Crippen molar-refractivity contribution in [3.05, 3.63) is 60.8 Å². The highest BCUT2D eigenvalue weighted by molar-refractivity contribution is 7.90. The van der Waals surface area contributed by atoms with Crippen LogP contribution in [-0.2, 0) is 10.0 Å². The molecule has 0 spiro atoms. The van der Waals surface area contributed by atoms with Gasteiger partial charge in [0, 0.05) is 11.6 Å². The summed E-state index contributed by atoms with van der Waals surface area (Å²) in [6, 6.07) is 15.9. The monoisotopic (exact) mass is 356 g/mol. The fourth-order valence-electron chi connectivity index (χ4n) is 3.19. The summed E-state index contributed by atoms with van der Waals surface area (Å²) >= 11 is 0. The molecule has 0 unspecified atom stereocenters. The van der Waals surface area contributed by atoms with Gasteiger partial charge in [-0.2, -0.15) is 0 Å². The Morgan fingerprint density at radius 1 is 1.00 bits per heavy atom. The van der Waals surface area contributed by atoms with E-state index in [4.69, 9.17) is 4.74 Å². The fraction of sp³-hybridized carbons (Fsp3) is 0.263. The Labute approximate surface area is 147 Å². The first-order valence-electron chi connectivity index (χ1n) is 8.44. The number of nitrogens with one attached hydrogen (secondary N) is 1. The average molecular weight is 356 g/mol. The Morgan fingerprint density at radius 2 is 1.76 bits per heavy atom. The van der Waals surface area contributed by atoms with Gasteiger partial charge in [0.15, 0.2) is 0 Å². The number of ether oxygens (including phenoxy) is 1. The van der Waals surface area contributed by atoms with E-state index in [9.17, 15) is 8.42 Å². The van der Waals surface area contributed by atoms with Gasteiger partial charge in [0.2, 0.25) is 0 Å². The summed E-state index contributed by atoms with van der Waals surface area (Å²) in [4.78, 5) is 0.280. The number of fused-ring (bicyclic) bond motifs is 1. The highest BCUT2D eigenvalue weighted by Crippen LogP contribution is 2.27. The molecule has 3 aromatic rings. The van der Waals surface area contributed by atoms with Crippen molar-refractivity contribution in [3.8, 4) is 5.75 Å². The third kappa shape index (κ3) is 3.15. The fourth-order valence-corrected chi connectivity index (χ4v) is 4.56. The van der Waals surface area contributed by atoms with Crippen molar-refractivity contribution in [1.82, 2.24) is 9.29 Å². The minimum absolute atomic E-state index is 0.217. The van der Waals surface area contributed by atoms with Crippen molar-refractivity contribution in [3.63, 3.8) is 0 Å². The standard InChI is InChI=1S/C19H20N2O3S/c22-25(23,18-4-2-1-3-5-18)21-13-10-15-14-17(6-7-19(15)21)24-16-8-11-20-12-9-16/h1-7,10,13-14,16,20H,8-9,11-12H2. The van der Waals surface area contributed by atoms with E-state index in [0.717, 1.165) is 37.1 Å². The lowest BCUT2D eigenvalue weighted by Crippen LogP contribution is -2.34.